The Morgan fingerprint density at radius 2 is 2.19 bits per heavy atom. The molecule has 0 radical (unpaired) electrons. The van der Waals surface area contributed by atoms with Crippen molar-refractivity contribution in [3.8, 4) is 5.82 Å². The largest absolute Gasteiger partial charge is 0.376 e. The molecule has 0 bridgehead atoms. The minimum atomic E-state index is -0.605. The van der Waals surface area contributed by atoms with Gasteiger partial charge in [0.25, 0.3) is 5.56 Å². The van der Waals surface area contributed by atoms with Gasteiger partial charge in [-0.25, -0.2) is 14.4 Å². The summed E-state index contributed by atoms with van der Waals surface area (Å²) in [5.74, 6) is -0.167. The summed E-state index contributed by atoms with van der Waals surface area (Å²) >= 11 is 13.1. The molecule has 0 aliphatic rings. The van der Waals surface area contributed by atoms with Crippen LogP contribution < -0.4 is 10.9 Å². The van der Waals surface area contributed by atoms with E-state index in [0.717, 1.165) is 0 Å². The van der Waals surface area contributed by atoms with E-state index in [1.54, 1.807) is 12.1 Å². The number of nitrogens with zero attached hydrogens (tertiary/aromatic N) is 4. The number of anilines is 1. The fourth-order valence-electron chi connectivity index (χ4n) is 2.62. The van der Waals surface area contributed by atoms with Gasteiger partial charge in [0.05, 0.1) is 17.6 Å². The molecular weight excluding hydrogens is 414 g/mol. The third-order valence-corrected chi connectivity index (χ3v) is 5.80. The van der Waals surface area contributed by atoms with Crippen LogP contribution in [-0.2, 0) is 0 Å². The Morgan fingerprint density at radius 1 is 1.37 bits per heavy atom. The molecule has 1 aromatic carbocycles. The molecule has 7 nitrogen and oxygen atoms in total. The van der Waals surface area contributed by atoms with Gasteiger partial charge in [0.2, 0.25) is 0 Å². The summed E-state index contributed by atoms with van der Waals surface area (Å²) < 4.78 is 16.1. The molecule has 1 atom stereocenters. The van der Waals surface area contributed by atoms with Crippen LogP contribution in [0.2, 0.25) is 9.49 Å². The molecule has 3 aromatic heterocycles. The molecule has 0 saturated carbocycles. The third-order valence-electron chi connectivity index (χ3n) is 3.88. The highest BCUT2D eigenvalue weighted by atomic mass is 35.5. The highest BCUT2D eigenvalue weighted by molar-refractivity contribution is 7.16. The van der Waals surface area contributed by atoms with Gasteiger partial charge in [0, 0.05) is 11.8 Å². The summed E-state index contributed by atoms with van der Waals surface area (Å²) in [6.07, 6.45) is 2.77. The average molecular weight is 425 g/mol. The van der Waals surface area contributed by atoms with E-state index < -0.39 is 11.4 Å². The SMILES string of the molecule is C[C@H](Nc1cc(F)c2ncn(-c3ccn[nH]3)c(=O)c2c1)c1nc(Cl)c(Cl)s1. The number of rotatable bonds is 4. The summed E-state index contributed by atoms with van der Waals surface area (Å²) in [5, 5.41) is 10.6. The third kappa shape index (κ3) is 3.29. The lowest BCUT2D eigenvalue weighted by atomic mass is 10.2. The van der Waals surface area contributed by atoms with E-state index >= 15 is 0 Å². The molecule has 0 fully saturated rings. The van der Waals surface area contributed by atoms with Crippen LogP contribution in [0.5, 0.6) is 0 Å². The molecule has 27 heavy (non-hydrogen) atoms. The predicted octanol–water partition coefficient (Wildman–Crippen LogP) is 4.18. The van der Waals surface area contributed by atoms with Gasteiger partial charge in [0.15, 0.2) is 11.0 Å². The molecule has 2 N–H and O–H groups in total. The van der Waals surface area contributed by atoms with Crippen molar-refractivity contribution < 1.29 is 4.39 Å². The zero-order chi connectivity index (χ0) is 19.1. The Morgan fingerprint density at radius 3 is 2.85 bits per heavy atom. The number of benzene rings is 1. The summed E-state index contributed by atoms with van der Waals surface area (Å²) in [5.41, 5.74) is -0.00898. The number of H-pyrrole nitrogens is 1. The van der Waals surface area contributed by atoms with Crippen LogP contribution in [0.1, 0.15) is 18.0 Å². The van der Waals surface area contributed by atoms with Crippen LogP contribution in [0.4, 0.5) is 10.1 Å². The maximum Gasteiger partial charge on any atom is 0.267 e. The quantitative estimate of drug-likeness (QED) is 0.512. The Labute approximate surface area is 165 Å². The summed E-state index contributed by atoms with van der Waals surface area (Å²) in [6.45, 7) is 1.83. The van der Waals surface area contributed by atoms with Crippen LogP contribution in [0.15, 0.2) is 35.5 Å². The van der Waals surface area contributed by atoms with Gasteiger partial charge in [-0.15, -0.1) is 11.3 Å². The molecule has 138 valence electrons. The van der Waals surface area contributed by atoms with Crippen molar-refractivity contribution in [2.75, 3.05) is 5.32 Å². The molecule has 4 aromatic rings. The second-order valence-corrected chi connectivity index (χ2v) is 7.69. The van der Waals surface area contributed by atoms with Crippen molar-refractivity contribution >= 4 is 51.1 Å². The van der Waals surface area contributed by atoms with Crippen molar-refractivity contribution in [1.82, 2.24) is 24.7 Å². The van der Waals surface area contributed by atoms with E-state index in [0.29, 0.717) is 20.8 Å². The zero-order valence-corrected chi connectivity index (χ0v) is 16.0. The number of thiazole rings is 1. The van der Waals surface area contributed by atoms with E-state index in [-0.39, 0.29) is 22.1 Å². The highest BCUT2D eigenvalue weighted by Crippen LogP contribution is 2.33. The van der Waals surface area contributed by atoms with Crippen LogP contribution in [0.3, 0.4) is 0 Å². The number of aromatic nitrogens is 5. The molecule has 0 amide bonds. The van der Waals surface area contributed by atoms with E-state index in [9.17, 15) is 9.18 Å². The molecule has 0 aliphatic carbocycles. The van der Waals surface area contributed by atoms with Crippen LogP contribution in [0.25, 0.3) is 16.7 Å². The lowest BCUT2D eigenvalue weighted by Crippen LogP contribution is -2.20. The van der Waals surface area contributed by atoms with Gasteiger partial charge in [-0.1, -0.05) is 23.2 Å². The molecule has 0 spiro atoms. The fraction of sp³-hybridized carbons (Fsp3) is 0.125. The molecule has 4 rings (SSSR count). The maximum atomic E-state index is 14.5. The molecule has 0 aliphatic heterocycles. The average Bonchev–Trinajstić information content (AvgIpc) is 3.26. The van der Waals surface area contributed by atoms with Crippen molar-refractivity contribution in [1.29, 1.82) is 0 Å². The standard InChI is InChI=1S/C16H11Cl2FN6OS/c1-7(15-23-13(17)14(18)27-15)22-8-4-9-12(10(19)5-8)20-6-25(16(9)26)11-2-3-21-24-11/h2-7,22H,1H3,(H,21,24)/t7-/m0/s1. The molecule has 11 heteroatoms. The van der Waals surface area contributed by atoms with Crippen LogP contribution >= 0.6 is 34.5 Å². The maximum absolute atomic E-state index is 14.5. The molecular formula is C16H11Cl2FN6OS. The monoisotopic (exact) mass is 424 g/mol. The van der Waals surface area contributed by atoms with E-state index in [4.69, 9.17) is 23.2 Å². The van der Waals surface area contributed by atoms with Gasteiger partial charge >= 0.3 is 0 Å². The Bertz CT molecular complexity index is 1170. The van der Waals surface area contributed by atoms with Gasteiger partial charge in [0.1, 0.15) is 27.0 Å². The van der Waals surface area contributed by atoms with Crippen molar-refractivity contribution in [3.63, 3.8) is 0 Å². The number of aromatic amines is 1. The van der Waals surface area contributed by atoms with Crippen molar-refractivity contribution in [2.24, 2.45) is 0 Å². The van der Waals surface area contributed by atoms with Crippen molar-refractivity contribution in [2.45, 2.75) is 13.0 Å². The first-order valence-electron chi connectivity index (χ1n) is 7.73. The first kappa shape index (κ1) is 17.9. The van der Waals surface area contributed by atoms with Gasteiger partial charge < -0.3 is 5.32 Å². The normalized spacial score (nSPS) is 12.4. The topological polar surface area (TPSA) is 88.5 Å². The minimum Gasteiger partial charge on any atom is -0.376 e. The number of nitrogens with one attached hydrogen (secondary N) is 2. The Hall–Kier alpha value is -2.49. The Balaban J connectivity index is 1.75. The second kappa shape index (κ2) is 6.91. The molecule has 0 unspecified atom stereocenters. The first-order chi connectivity index (χ1) is 12.9. The summed E-state index contributed by atoms with van der Waals surface area (Å²) in [6, 6.07) is 4.16. The van der Waals surface area contributed by atoms with Gasteiger partial charge in [-0.2, -0.15) is 5.10 Å². The number of fused-ring (bicyclic) bond motifs is 1. The highest BCUT2D eigenvalue weighted by Gasteiger charge is 2.16. The fourth-order valence-corrected chi connectivity index (χ4v) is 3.85. The summed E-state index contributed by atoms with van der Waals surface area (Å²) in [4.78, 5) is 21.0. The van der Waals surface area contributed by atoms with E-state index in [1.807, 2.05) is 6.92 Å². The molecule has 0 saturated heterocycles. The Kier molecular flexibility index (Phi) is 4.58. The lowest BCUT2D eigenvalue weighted by molar-refractivity contribution is 0.635. The van der Waals surface area contributed by atoms with Crippen LogP contribution in [-0.4, -0.2) is 24.7 Å². The smallest absolute Gasteiger partial charge is 0.267 e. The predicted molar refractivity (Wildman–Crippen MR) is 104 cm³/mol. The number of hydrogen-bond acceptors (Lipinski definition) is 6. The van der Waals surface area contributed by atoms with E-state index in [1.165, 1.54) is 34.5 Å². The van der Waals surface area contributed by atoms with Gasteiger partial charge in [-0.05, 0) is 19.1 Å². The van der Waals surface area contributed by atoms with E-state index in [2.05, 4.69) is 25.5 Å². The minimum absolute atomic E-state index is 0.00527. The number of hydrogen-bond donors (Lipinski definition) is 2. The lowest BCUT2D eigenvalue weighted by Gasteiger charge is -2.14. The second-order valence-electron chi connectivity index (χ2n) is 5.70. The van der Waals surface area contributed by atoms with Crippen molar-refractivity contribution in [3.05, 3.63) is 61.4 Å². The number of halogens is 3. The van der Waals surface area contributed by atoms with Gasteiger partial charge in [-0.3, -0.25) is 14.5 Å². The van der Waals surface area contributed by atoms with Crippen LogP contribution in [0, 0.1) is 5.82 Å². The molecule has 3 heterocycles. The first-order valence-corrected chi connectivity index (χ1v) is 9.30. The zero-order valence-electron chi connectivity index (χ0n) is 13.7. The summed E-state index contributed by atoms with van der Waals surface area (Å²) in [7, 11) is 0.